The summed E-state index contributed by atoms with van der Waals surface area (Å²) in [6.45, 7) is 11.0. The maximum atomic E-state index is 13.7. The molecule has 2 aliphatic heterocycles. The SMILES string of the molecule is Cc1cccc(CN2CC(c3cn(C(C)C)cn3)C3(CCN(CC4CC4)C3=O)C2)c1. The molecule has 1 spiro atoms. The Balaban J connectivity index is 1.43. The molecule has 2 aromatic rings. The van der Waals surface area contributed by atoms with Crippen molar-refractivity contribution in [2.24, 2.45) is 11.3 Å². The number of benzene rings is 1. The van der Waals surface area contributed by atoms with Crippen LogP contribution in [0.2, 0.25) is 0 Å². The molecule has 3 heterocycles. The third-order valence-electron chi connectivity index (χ3n) is 7.39. The highest BCUT2D eigenvalue weighted by molar-refractivity contribution is 5.87. The minimum atomic E-state index is -0.311. The molecule has 5 nitrogen and oxygen atoms in total. The molecule has 3 aliphatic rings. The van der Waals surface area contributed by atoms with Crippen molar-refractivity contribution >= 4 is 5.91 Å². The predicted molar refractivity (Wildman–Crippen MR) is 118 cm³/mol. The second kappa shape index (κ2) is 7.52. The van der Waals surface area contributed by atoms with Crippen molar-refractivity contribution < 1.29 is 4.79 Å². The lowest BCUT2D eigenvalue weighted by Crippen LogP contribution is -2.40. The Morgan fingerprint density at radius 1 is 1.27 bits per heavy atom. The smallest absolute Gasteiger partial charge is 0.230 e. The summed E-state index contributed by atoms with van der Waals surface area (Å²) in [4.78, 5) is 23.2. The molecule has 2 saturated heterocycles. The highest BCUT2D eigenvalue weighted by Gasteiger charge is 2.58. The molecule has 1 amide bonds. The van der Waals surface area contributed by atoms with Crippen LogP contribution in [0, 0.1) is 18.3 Å². The summed E-state index contributed by atoms with van der Waals surface area (Å²) in [6, 6.07) is 9.14. The van der Waals surface area contributed by atoms with Gasteiger partial charge in [0.25, 0.3) is 0 Å². The first-order chi connectivity index (χ1) is 14.4. The van der Waals surface area contributed by atoms with Gasteiger partial charge in [0.2, 0.25) is 5.91 Å². The first-order valence-corrected chi connectivity index (χ1v) is 11.6. The lowest BCUT2D eigenvalue weighted by Gasteiger charge is -2.28. The Kier molecular flexibility index (Phi) is 4.97. The molecule has 1 aliphatic carbocycles. The van der Waals surface area contributed by atoms with E-state index in [0.717, 1.165) is 50.8 Å². The fourth-order valence-corrected chi connectivity index (χ4v) is 5.50. The molecule has 0 N–H and O–H groups in total. The second-order valence-corrected chi connectivity index (χ2v) is 10.2. The van der Waals surface area contributed by atoms with E-state index >= 15 is 0 Å². The number of likely N-dealkylation sites (tertiary alicyclic amines) is 2. The van der Waals surface area contributed by atoms with Gasteiger partial charge in [-0.15, -0.1) is 0 Å². The standard InChI is InChI=1S/C25H34N4O/c1-18(2)29-15-23(26-17-29)22-14-27(12-21-6-4-5-19(3)11-21)16-25(22)9-10-28(24(25)30)13-20-7-8-20/h4-6,11,15,17-18,20,22H,7-10,12-14,16H2,1-3H3. The van der Waals surface area contributed by atoms with Crippen LogP contribution in [0.15, 0.2) is 36.8 Å². The van der Waals surface area contributed by atoms with Crippen molar-refractivity contribution in [3.05, 3.63) is 53.6 Å². The van der Waals surface area contributed by atoms with E-state index in [9.17, 15) is 4.79 Å². The van der Waals surface area contributed by atoms with Gasteiger partial charge in [0, 0.05) is 50.9 Å². The van der Waals surface area contributed by atoms with E-state index in [1.165, 1.54) is 24.0 Å². The van der Waals surface area contributed by atoms with Crippen molar-refractivity contribution in [1.82, 2.24) is 19.4 Å². The van der Waals surface area contributed by atoms with Gasteiger partial charge in [-0.1, -0.05) is 29.8 Å². The lowest BCUT2D eigenvalue weighted by atomic mass is 9.75. The highest BCUT2D eigenvalue weighted by atomic mass is 16.2. The second-order valence-electron chi connectivity index (χ2n) is 10.2. The largest absolute Gasteiger partial charge is 0.342 e. The molecule has 1 aromatic carbocycles. The molecule has 3 fully saturated rings. The number of carbonyl (C=O) groups is 1. The Hall–Kier alpha value is -2.14. The predicted octanol–water partition coefficient (Wildman–Crippen LogP) is 4.00. The van der Waals surface area contributed by atoms with Crippen molar-refractivity contribution in [3.8, 4) is 0 Å². The van der Waals surface area contributed by atoms with E-state index < -0.39 is 0 Å². The molecule has 1 aromatic heterocycles. The number of amides is 1. The van der Waals surface area contributed by atoms with Gasteiger partial charge in [-0.05, 0) is 51.5 Å². The summed E-state index contributed by atoms with van der Waals surface area (Å²) in [5.74, 6) is 1.30. The number of nitrogens with zero attached hydrogens (tertiary/aromatic N) is 4. The summed E-state index contributed by atoms with van der Waals surface area (Å²) in [5.41, 5.74) is 3.41. The number of rotatable bonds is 6. The quantitative estimate of drug-likeness (QED) is 0.728. The fraction of sp³-hybridized carbons (Fsp3) is 0.600. The van der Waals surface area contributed by atoms with Crippen LogP contribution in [-0.4, -0.2) is 51.4 Å². The summed E-state index contributed by atoms with van der Waals surface area (Å²) in [7, 11) is 0. The van der Waals surface area contributed by atoms with Gasteiger partial charge in [0.1, 0.15) is 0 Å². The van der Waals surface area contributed by atoms with Gasteiger partial charge >= 0.3 is 0 Å². The molecule has 5 rings (SSSR count). The van der Waals surface area contributed by atoms with Gasteiger partial charge in [-0.2, -0.15) is 0 Å². The van der Waals surface area contributed by atoms with Crippen LogP contribution in [0.1, 0.15) is 61.9 Å². The minimum Gasteiger partial charge on any atom is -0.342 e. The molecule has 0 radical (unpaired) electrons. The van der Waals surface area contributed by atoms with Crippen LogP contribution in [-0.2, 0) is 11.3 Å². The molecular formula is C25H34N4O. The zero-order chi connectivity index (χ0) is 20.9. The molecule has 30 heavy (non-hydrogen) atoms. The lowest BCUT2D eigenvalue weighted by molar-refractivity contribution is -0.136. The highest BCUT2D eigenvalue weighted by Crippen LogP contribution is 2.50. The van der Waals surface area contributed by atoms with Gasteiger partial charge in [-0.3, -0.25) is 9.69 Å². The summed E-state index contributed by atoms with van der Waals surface area (Å²) < 4.78 is 2.17. The normalized spacial score (nSPS) is 27.1. The number of carbonyl (C=O) groups excluding carboxylic acids is 1. The zero-order valence-corrected chi connectivity index (χ0v) is 18.6. The van der Waals surface area contributed by atoms with E-state index in [0.29, 0.717) is 11.9 Å². The fourth-order valence-electron chi connectivity index (χ4n) is 5.50. The third kappa shape index (κ3) is 3.58. The van der Waals surface area contributed by atoms with Gasteiger partial charge in [-0.25, -0.2) is 4.98 Å². The summed E-state index contributed by atoms with van der Waals surface area (Å²) in [6.07, 6.45) is 7.67. The molecule has 0 bridgehead atoms. The van der Waals surface area contributed by atoms with Crippen LogP contribution in [0.5, 0.6) is 0 Å². The number of hydrogen-bond acceptors (Lipinski definition) is 3. The first kappa shape index (κ1) is 19.8. The minimum absolute atomic E-state index is 0.180. The van der Waals surface area contributed by atoms with Crippen molar-refractivity contribution in [1.29, 1.82) is 0 Å². The Morgan fingerprint density at radius 3 is 2.80 bits per heavy atom. The molecule has 160 valence electrons. The molecule has 2 atom stereocenters. The average molecular weight is 407 g/mol. The van der Waals surface area contributed by atoms with Gasteiger partial charge in [0.15, 0.2) is 0 Å². The number of aryl methyl sites for hydroxylation is 1. The van der Waals surface area contributed by atoms with E-state index in [1.54, 1.807) is 0 Å². The van der Waals surface area contributed by atoms with Crippen LogP contribution in [0.25, 0.3) is 0 Å². The monoisotopic (exact) mass is 406 g/mol. The number of aromatic nitrogens is 2. The average Bonchev–Trinajstić information content (AvgIpc) is 3.13. The van der Waals surface area contributed by atoms with E-state index in [-0.39, 0.29) is 11.3 Å². The third-order valence-corrected chi connectivity index (χ3v) is 7.39. The van der Waals surface area contributed by atoms with Gasteiger partial charge in [0.05, 0.1) is 17.4 Å². The Morgan fingerprint density at radius 2 is 2.10 bits per heavy atom. The van der Waals surface area contributed by atoms with Crippen LogP contribution < -0.4 is 0 Å². The summed E-state index contributed by atoms with van der Waals surface area (Å²) in [5, 5.41) is 0. The maximum absolute atomic E-state index is 13.7. The van der Waals surface area contributed by atoms with E-state index in [2.05, 4.69) is 65.6 Å². The van der Waals surface area contributed by atoms with Gasteiger partial charge < -0.3 is 9.47 Å². The summed E-state index contributed by atoms with van der Waals surface area (Å²) >= 11 is 0. The molecule has 5 heteroatoms. The van der Waals surface area contributed by atoms with Crippen molar-refractivity contribution in [3.63, 3.8) is 0 Å². The number of hydrogen-bond donors (Lipinski definition) is 0. The Bertz CT molecular complexity index is 931. The maximum Gasteiger partial charge on any atom is 0.230 e. The molecular weight excluding hydrogens is 372 g/mol. The first-order valence-electron chi connectivity index (χ1n) is 11.6. The van der Waals surface area contributed by atoms with E-state index in [4.69, 9.17) is 4.98 Å². The van der Waals surface area contributed by atoms with Crippen LogP contribution >= 0.6 is 0 Å². The van der Waals surface area contributed by atoms with Crippen LogP contribution in [0.3, 0.4) is 0 Å². The number of imidazole rings is 1. The topological polar surface area (TPSA) is 41.4 Å². The van der Waals surface area contributed by atoms with E-state index in [1.807, 2.05) is 6.33 Å². The van der Waals surface area contributed by atoms with Crippen molar-refractivity contribution in [2.45, 2.75) is 58.5 Å². The molecule has 2 unspecified atom stereocenters. The Labute approximate surface area is 180 Å². The molecule has 1 saturated carbocycles. The zero-order valence-electron chi connectivity index (χ0n) is 18.6. The van der Waals surface area contributed by atoms with Crippen molar-refractivity contribution in [2.75, 3.05) is 26.2 Å². The van der Waals surface area contributed by atoms with Crippen LogP contribution in [0.4, 0.5) is 0 Å².